The van der Waals surface area contributed by atoms with E-state index in [9.17, 15) is 0 Å². The first-order valence-electron chi connectivity index (χ1n) is 4.31. The van der Waals surface area contributed by atoms with Gasteiger partial charge in [0.2, 0.25) is 0 Å². The third kappa shape index (κ3) is 3.99. The van der Waals surface area contributed by atoms with Gasteiger partial charge in [0.1, 0.15) is 0 Å². The van der Waals surface area contributed by atoms with Crippen molar-refractivity contribution in [2.24, 2.45) is 0 Å². The van der Waals surface area contributed by atoms with Crippen LogP contribution in [0.3, 0.4) is 0 Å². The van der Waals surface area contributed by atoms with Crippen LogP contribution in [-0.2, 0) is 13.0 Å². The summed E-state index contributed by atoms with van der Waals surface area (Å²) in [5, 5.41) is 2.94. The first-order chi connectivity index (χ1) is 6.22. The second-order valence-electron chi connectivity index (χ2n) is 2.86. The zero-order valence-corrected chi connectivity index (χ0v) is 9.07. The largest absolute Gasteiger partial charge is 0.285 e. The molecule has 0 fully saturated rings. The van der Waals surface area contributed by atoms with Crippen molar-refractivity contribution in [1.29, 1.82) is 0 Å². The highest BCUT2D eigenvalue weighted by atomic mass is 35.5. The standard InChI is InChI=1S/C10H13Cl2N/c1-2-8-4-3-5-9(6-8)7-13-10(11)12/h3-6,10,13H,2,7H2,1H3. The fourth-order valence-corrected chi connectivity index (χ4v) is 1.31. The molecular formula is C10H13Cl2N. The molecule has 1 N–H and O–H groups in total. The van der Waals surface area contributed by atoms with Crippen molar-refractivity contribution in [1.82, 2.24) is 5.32 Å². The van der Waals surface area contributed by atoms with Crippen LogP contribution in [0.4, 0.5) is 0 Å². The summed E-state index contributed by atoms with van der Waals surface area (Å²) < 4.78 is 0. The van der Waals surface area contributed by atoms with E-state index in [1.54, 1.807) is 0 Å². The maximum absolute atomic E-state index is 5.56. The van der Waals surface area contributed by atoms with Gasteiger partial charge >= 0.3 is 0 Å². The molecular weight excluding hydrogens is 205 g/mol. The van der Waals surface area contributed by atoms with Gasteiger partial charge in [0.05, 0.1) is 0 Å². The van der Waals surface area contributed by atoms with Gasteiger partial charge in [-0.2, -0.15) is 0 Å². The Balaban J connectivity index is 2.56. The van der Waals surface area contributed by atoms with Gasteiger partial charge in [-0.1, -0.05) is 54.4 Å². The van der Waals surface area contributed by atoms with E-state index in [0.717, 1.165) is 6.42 Å². The molecule has 1 aromatic rings. The van der Waals surface area contributed by atoms with E-state index in [2.05, 4.69) is 30.4 Å². The highest BCUT2D eigenvalue weighted by molar-refractivity contribution is 6.43. The number of hydrogen-bond donors (Lipinski definition) is 1. The van der Waals surface area contributed by atoms with Gasteiger partial charge < -0.3 is 0 Å². The molecule has 72 valence electrons. The quantitative estimate of drug-likeness (QED) is 0.604. The Morgan fingerprint density at radius 1 is 1.31 bits per heavy atom. The van der Waals surface area contributed by atoms with Gasteiger partial charge in [-0.25, -0.2) is 0 Å². The fraction of sp³-hybridized carbons (Fsp3) is 0.400. The smallest absolute Gasteiger partial charge is 0.158 e. The van der Waals surface area contributed by atoms with Crippen molar-refractivity contribution in [3.05, 3.63) is 35.4 Å². The maximum atomic E-state index is 5.56. The summed E-state index contributed by atoms with van der Waals surface area (Å²) >= 11 is 11.1. The van der Waals surface area contributed by atoms with Crippen LogP contribution in [0.2, 0.25) is 0 Å². The number of hydrogen-bond acceptors (Lipinski definition) is 1. The minimum atomic E-state index is -0.495. The lowest BCUT2D eigenvalue weighted by atomic mass is 10.1. The normalized spacial score (nSPS) is 10.8. The minimum Gasteiger partial charge on any atom is -0.285 e. The molecule has 3 heteroatoms. The third-order valence-electron chi connectivity index (χ3n) is 1.86. The second-order valence-corrected chi connectivity index (χ2v) is 3.95. The Bertz CT molecular complexity index is 261. The van der Waals surface area contributed by atoms with E-state index in [-0.39, 0.29) is 0 Å². The summed E-state index contributed by atoms with van der Waals surface area (Å²) in [6, 6.07) is 8.38. The Morgan fingerprint density at radius 2 is 2.00 bits per heavy atom. The number of alkyl halides is 2. The number of rotatable bonds is 4. The lowest BCUT2D eigenvalue weighted by Gasteiger charge is -2.06. The molecule has 1 aromatic carbocycles. The predicted octanol–water partition coefficient (Wildman–Crippen LogP) is 3.10. The molecule has 0 aromatic heterocycles. The van der Waals surface area contributed by atoms with Crippen molar-refractivity contribution < 1.29 is 0 Å². The highest BCUT2D eigenvalue weighted by Gasteiger charge is 1.98. The average Bonchev–Trinajstić information content (AvgIpc) is 2.15. The Labute approximate surface area is 89.0 Å². The highest BCUT2D eigenvalue weighted by Crippen LogP contribution is 2.07. The first-order valence-corrected chi connectivity index (χ1v) is 5.19. The van der Waals surface area contributed by atoms with E-state index in [1.165, 1.54) is 11.1 Å². The van der Waals surface area contributed by atoms with Crippen LogP contribution in [0.1, 0.15) is 18.1 Å². The molecule has 1 rings (SSSR count). The van der Waals surface area contributed by atoms with Gasteiger partial charge in [-0.05, 0) is 17.5 Å². The van der Waals surface area contributed by atoms with Crippen molar-refractivity contribution in [3.63, 3.8) is 0 Å². The van der Waals surface area contributed by atoms with Crippen molar-refractivity contribution in [2.45, 2.75) is 24.8 Å². The molecule has 0 spiro atoms. The van der Waals surface area contributed by atoms with E-state index in [0.29, 0.717) is 6.54 Å². The number of aryl methyl sites for hydroxylation is 1. The predicted molar refractivity (Wildman–Crippen MR) is 58.2 cm³/mol. The number of halogens is 2. The molecule has 0 unspecified atom stereocenters. The average molecular weight is 218 g/mol. The Hall–Kier alpha value is -0.240. The van der Waals surface area contributed by atoms with E-state index in [4.69, 9.17) is 23.2 Å². The lowest BCUT2D eigenvalue weighted by molar-refractivity contribution is 0.755. The summed E-state index contributed by atoms with van der Waals surface area (Å²) in [7, 11) is 0. The van der Waals surface area contributed by atoms with Crippen molar-refractivity contribution >= 4 is 23.2 Å². The van der Waals surface area contributed by atoms with Gasteiger partial charge in [-0.15, -0.1) is 0 Å². The maximum Gasteiger partial charge on any atom is 0.158 e. The van der Waals surface area contributed by atoms with E-state index in [1.807, 2.05) is 6.07 Å². The van der Waals surface area contributed by atoms with Crippen LogP contribution in [0.25, 0.3) is 0 Å². The zero-order chi connectivity index (χ0) is 9.68. The van der Waals surface area contributed by atoms with Crippen LogP contribution in [0.5, 0.6) is 0 Å². The molecule has 0 saturated carbocycles. The molecule has 0 atom stereocenters. The molecule has 1 nitrogen and oxygen atoms in total. The molecule has 0 radical (unpaired) electrons. The SMILES string of the molecule is CCc1cccc(CNC(Cl)Cl)c1. The topological polar surface area (TPSA) is 12.0 Å². The van der Waals surface area contributed by atoms with Crippen LogP contribution in [0, 0.1) is 0 Å². The monoisotopic (exact) mass is 217 g/mol. The third-order valence-corrected chi connectivity index (χ3v) is 2.17. The summed E-state index contributed by atoms with van der Waals surface area (Å²) in [5.41, 5.74) is 2.55. The molecule has 13 heavy (non-hydrogen) atoms. The molecule has 0 heterocycles. The summed E-state index contributed by atoms with van der Waals surface area (Å²) in [6.45, 7) is 2.85. The Kier molecular flexibility index (Phi) is 4.57. The summed E-state index contributed by atoms with van der Waals surface area (Å²) in [5.74, 6) is 0. The van der Waals surface area contributed by atoms with Crippen LogP contribution in [-0.4, -0.2) is 4.96 Å². The van der Waals surface area contributed by atoms with Crippen LogP contribution < -0.4 is 5.32 Å². The van der Waals surface area contributed by atoms with E-state index < -0.39 is 4.96 Å². The number of benzene rings is 1. The molecule has 0 aliphatic heterocycles. The van der Waals surface area contributed by atoms with Crippen molar-refractivity contribution in [3.8, 4) is 0 Å². The lowest BCUT2D eigenvalue weighted by Crippen LogP contribution is -2.17. The second kappa shape index (κ2) is 5.48. The molecule has 0 saturated heterocycles. The first kappa shape index (κ1) is 10.8. The number of nitrogens with one attached hydrogen (secondary N) is 1. The van der Waals surface area contributed by atoms with Gasteiger partial charge in [0, 0.05) is 6.54 Å². The summed E-state index contributed by atoms with van der Waals surface area (Å²) in [4.78, 5) is -0.495. The van der Waals surface area contributed by atoms with Crippen molar-refractivity contribution in [2.75, 3.05) is 0 Å². The molecule has 0 aliphatic carbocycles. The van der Waals surface area contributed by atoms with Crippen LogP contribution in [0.15, 0.2) is 24.3 Å². The van der Waals surface area contributed by atoms with Gasteiger partial charge in [0.15, 0.2) is 4.96 Å². The van der Waals surface area contributed by atoms with Gasteiger partial charge in [0.25, 0.3) is 0 Å². The van der Waals surface area contributed by atoms with Crippen LogP contribution >= 0.6 is 23.2 Å². The molecule has 0 bridgehead atoms. The molecule has 0 amide bonds. The zero-order valence-electron chi connectivity index (χ0n) is 7.56. The fourth-order valence-electron chi connectivity index (χ4n) is 1.15. The summed E-state index contributed by atoms with van der Waals surface area (Å²) in [6.07, 6.45) is 1.05. The van der Waals surface area contributed by atoms with E-state index >= 15 is 0 Å². The Morgan fingerprint density at radius 3 is 2.62 bits per heavy atom. The minimum absolute atomic E-state index is 0.495. The molecule has 0 aliphatic rings. The van der Waals surface area contributed by atoms with Gasteiger partial charge in [-0.3, -0.25) is 5.32 Å².